The zero-order valence-corrected chi connectivity index (χ0v) is 12.6. The van der Waals surface area contributed by atoms with Gasteiger partial charge in [0.05, 0.1) is 0 Å². The number of hydrogen-bond acceptors (Lipinski definition) is 4. The van der Waals surface area contributed by atoms with Crippen LogP contribution >= 0.6 is 0 Å². The van der Waals surface area contributed by atoms with Crippen LogP contribution in [0.3, 0.4) is 0 Å². The quantitative estimate of drug-likeness (QED) is 0.890. The summed E-state index contributed by atoms with van der Waals surface area (Å²) < 4.78 is 23.4. The molecule has 0 saturated carbocycles. The van der Waals surface area contributed by atoms with Crippen LogP contribution < -0.4 is 20.1 Å². The molecule has 1 amide bonds. The molecule has 2 N–H and O–H groups in total. The third-order valence-corrected chi connectivity index (χ3v) is 3.52. The van der Waals surface area contributed by atoms with Crippen LogP contribution in [-0.4, -0.2) is 18.7 Å². The topological polar surface area (TPSA) is 59.6 Å². The summed E-state index contributed by atoms with van der Waals surface area (Å²) in [5.74, 6) is 0.947. The number of amides is 1. The number of rotatable bonds is 5. The van der Waals surface area contributed by atoms with E-state index in [0.29, 0.717) is 23.7 Å². The molecule has 1 aliphatic rings. The van der Waals surface area contributed by atoms with Gasteiger partial charge in [-0.3, -0.25) is 4.79 Å². The van der Waals surface area contributed by atoms with E-state index in [-0.39, 0.29) is 18.5 Å². The first-order chi connectivity index (χ1) is 11.1. The van der Waals surface area contributed by atoms with E-state index in [9.17, 15) is 9.18 Å². The molecule has 6 heteroatoms. The fraction of sp³-hybridized carbons (Fsp3) is 0.235. The first-order valence-corrected chi connectivity index (χ1v) is 7.30. The van der Waals surface area contributed by atoms with Crippen molar-refractivity contribution in [2.45, 2.75) is 19.5 Å². The van der Waals surface area contributed by atoms with Gasteiger partial charge in [-0.15, -0.1) is 0 Å². The molecule has 2 aromatic carbocycles. The van der Waals surface area contributed by atoms with E-state index < -0.39 is 6.04 Å². The Bertz CT molecular complexity index is 703. The number of hydrogen-bond donors (Lipinski definition) is 2. The lowest BCUT2D eigenvalue weighted by atomic mass is 10.2. The van der Waals surface area contributed by atoms with Gasteiger partial charge >= 0.3 is 0 Å². The Morgan fingerprint density at radius 3 is 2.70 bits per heavy atom. The van der Waals surface area contributed by atoms with Gasteiger partial charge in [0.2, 0.25) is 12.7 Å². The molecule has 0 aromatic heterocycles. The molecule has 0 unspecified atom stereocenters. The van der Waals surface area contributed by atoms with Crippen LogP contribution in [0.1, 0.15) is 12.5 Å². The second-order valence-electron chi connectivity index (χ2n) is 5.28. The Labute approximate surface area is 133 Å². The van der Waals surface area contributed by atoms with Crippen LogP contribution in [0.25, 0.3) is 0 Å². The Balaban J connectivity index is 1.53. The van der Waals surface area contributed by atoms with E-state index in [1.165, 1.54) is 12.1 Å². The number of fused-ring (bicyclic) bond motifs is 1. The van der Waals surface area contributed by atoms with Crippen LogP contribution in [-0.2, 0) is 11.3 Å². The smallest absolute Gasteiger partial charge is 0.242 e. The highest BCUT2D eigenvalue weighted by Crippen LogP contribution is 2.32. The van der Waals surface area contributed by atoms with Crippen molar-refractivity contribution in [1.29, 1.82) is 0 Å². The van der Waals surface area contributed by atoms with Gasteiger partial charge in [-0.1, -0.05) is 6.07 Å². The van der Waals surface area contributed by atoms with Gasteiger partial charge in [-0.25, -0.2) is 4.39 Å². The summed E-state index contributed by atoms with van der Waals surface area (Å²) in [6.45, 7) is 2.37. The summed E-state index contributed by atoms with van der Waals surface area (Å²) >= 11 is 0. The molecule has 1 heterocycles. The van der Waals surface area contributed by atoms with Gasteiger partial charge in [-0.05, 0) is 48.9 Å². The number of anilines is 1. The second-order valence-corrected chi connectivity index (χ2v) is 5.28. The SMILES string of the molecule is C[C@@H](Nc1ccc(F)cc1)C(=O)NCc1ccc2c(c1)OCO2. The molecule has 0 aliphatic carbocycles. The summed E-state index contributed by atoms with van der Waals surface area (Å²) in [5, 5.41) is 5.87. The predicted molar refractivity (Wildman–Crippen MR) is 83.9 cm³/mol. The molecule has 0 fully saturated rings. The molecule has 3 rings (SSSR count). The van der Waals surface area contributed by atoms with Crippen molar-refractivity contribution < 1.29 is 18.7 Å². The number of carbonyl (C=O) groups is 1. The summed E-state index contributed by atoms with van der Waals surface area (Å²) in [6.07, 6.45) is 0. The summed E-state index contributed by atoms with van der Waals surface area (Å²) in [5.41, 5.74) is 1.62. The van der Waals surface area contributed by atoms with Crippen molar-refractivity contribution in [3.63, 3.8) is 0 Å². The third kappa shape index (κ3) is 3.71. The minimum absolute atomic E-state index is 0.146. The molecule has 5 nitrogen and oxygen atoms in total. The largest absolute Gasteiger partial charge is 0.454 e. The summed E-state index contributed by atoms with van der Waals surface area (Å²) in [6, 6.07) is 11.0. The zero-order chi connectivity index (χ0) is 16.2. The average Bonchev–Trinajstić information content (AvgIpc) is 3.02. The lowest BCUT2D eigenvalue weighted by molar-refractivity contribution is -0.121. The van der Waals surface area contributed by atoms with Gasteiger partial charge in [0.15, 0.2) is 11.5 Å². The van der Waals surface area contributed by atoms with Gasteiger partial charge in [-0.2, -0.15) is 0 Å². The Morgan fingerprint density at radius 1 is 1.17 bits per heavy atom. The van der Waals surface area contributed by atoms with Crippen LogP contribution in [0, 0.1) is 5.82 Å². The van der Waals surface area contributed by atoms with Crippen molar-refractivity contribution in [2.75, 3.05) is 12.1 Å². The van der Waals surface area contributed by atoms with Gasteiger partial charge < -0.3 is 20.1 Å². The fourth-order valence-electron chi connectivity index (χ4n) is 2.25. The van der Waals surface area contributed by atoms with E-state index >= 15 is 0 Å². The molecule has 23 heavy (non-hydrogen) atoms. The number of carbonyl (C=O) groups excluding carboxylic acids is 1. The van der Waals surface area contributed by atoms with Crippen molar-refractivity contribution in [2.24, 2.45) is 0 Å². The maximum Gasteiger partial charge on any atom is 0.242 e. The van der Waals surface area contributed by atoms with Gasteiger partial charge in [0.1, 0.15) is 11.9 Å². The fourth-order valence-corrected chi connectivity index (χ4v) is 2.25. The Kier molecular flexibility index (Phi) is 4.32. The zero-order valence-electron chi connectivity index (χ0n) is 12.6. The molecule has 120 valence electrons. The highest BCUT2D eigenvalue weighted by atomic mass is 19.1. The average molecular weight is 316 g/mol. The molecule has 0 saturated heterocycles. The maximum absolute atomic E-state index is 12.9. The Hall–Kier alpha value is -2.76. The van der Waals surface area contributed by atoms with E-state index in [2.05, 4.69) is 10.6 Å². The molecule has 2 aromatic rings. The second kappa shape index (κ2) is 6.56. The molecule has 0 radical (unpaired) electrons. The molecule has 1 aliphatic heterocycles. The number of halogens is 1. The van der Waals surface area contributed by atoms with Crippen molar-refractivity contribution >= 4 is 11.6 Å². The van der Waals surface area contributed by atoms with Gasteiger partial charge in [0, 0.05) is 12.2 Å². The van der Waals surface area contributed by atoms with E-state index in [1.807, 2.05) is 18.2 Å². The van der Waals surface area contributed by atoms with Crippen LogP contribution in [0.15, 0.2) is 42.5 Å². The first kappa shape index (κ1) is 15.1. The standard InChI is InChI=1S/C17H17FN2O3/c1-11(20-14-5-3-13(18)4-6-14)17(21)19-9-12-2-7-15-16(8-12)23-10-22-15/h2-8,11,20H,9-10H2,1H3,(H,19,21)/t11-/m1/s1. The van der Waals surface area contributed by atoms with Crippen molar-refractivity contribution in [3.8, 4) is 11.5 Å². The number of benzene rings is 2. The molecule has 1 atom stereocenters. The number of nitrogens with one attached hydrogen (secondary N) is 2. The molecule has 0 spiro atoms. The predicted octanol–water partition coefficient (Wildman–Crippen LogP) is 2.67. The molecular formula is C17H17FN2O3. The highest BCUT2D eigenvalue weighted by molar-refractivity contribution is 5.84. The van der Waals surface area contributed by atoms with Gasteiger partial charge in [0.25, 0.3) is 0 Å². The monoisotopic (exact) mass is 316 g/mol. The lowest BCUT2D eigenvalue weighted by Crippen LogP contribution is -2.37. The Morgan fingerprint density at radius 2 is 1.91 bits per heavy atom. The highest BCUT2D eigenvalue weighted by Gasteiger charge is 2.15. The minimum atomic E-state index is -0.436. The minimum Gasteiger partial charge on any atom is -0.454 e. The first-order valence-electron chi connectivity index (χ1n) is 7.30. The summed E-state index contributed by atoms with van der Waals surface area (Å²) in [4.78, 5) is 12.1. The molecule has 0 bridgehead atoms. The van der Waals surface area contributed by atoms with E-state index in [4.69, 9.17) is 9.47 Å². The van der Waals surface area contributed by atoms with E-state index in [1.54, 1.807) is 19.1 Å². The third-order valence-electron chi connectivity index (χ3n) is 3.52. The van der Waals surface area contributed by atoms with Crippen LogP contribution in [0.2, 0.25) is 0 Å². The lowest BCUT2D eigenvalue weighted by Gasteiger charge is -2.15. The normalized spacial score (nSPS) is 13.5. The van der Waals surface area contributed by atoms with Crippen LogP contribution in [0.4, 0.5) is 10.1 Å². The van der Waals surface area contributed by atoms with Crippen molar-refractivity contribution in [1.82, 2.24) is 5.32 Å². The van der Waals surface area contributed by atoms with Crippen molar-refractivity contribution in [3.05, 3.63) is 53.8 Å². The van der Waals surface area contributed by atoms with E-state index in [0.717, 1.165) is 5.56 Å². The number of ether oxygens (including phenoxy) is 2. The van der Waals surface area contributed by atoms with Crippen LogP contribution in [0.5, 0.6) is 11.5 Å². The molecular weight excluding hydrogens is 299 g/mol. The maximum atomic E-state index is 12.9. The summed E-state index contributed by atoms with van der Waals surface area (Å²) in [7, 11) is 0.